The lowest BCUT2D eigenvalue weighted by atomic mass is 9.81. The van der Waals surface area contributed by atoms with Gasteiger partial charge in [0.1, 0.15) is 0 Å². The number of anilines is 1. The molecule has 5 heteroatoms. The van der Waals surface area contributed by atoms with Crippen molar-refractivity contribution in [2.75, 3.05) is 31.6 Å². The largest absolute Gasteiger partial charge is 0.338 e. The molecule has 21 heavy (non-hydrogen) atoms. The van der Waals surface area contributed by atoms with Crippen molar-refractivity contribution in [2.45, 2.75) is 25.2 Å². The molecule has 1 aromatic carbocycles. The fourth-order valence-electron chi connectivity index (χ4n) is 3.44. The van der Waals surface area contributed by atoms with Crippen molar-refractivity contribution < 1.29 is 9.59 Å². The number of rotatable bonds is 2. The maximum Gasteiger partial charge on any atom is 0.317 e. The van der Waals surface area contributed by atoms with Crippen LogP contribution in [0, 0.1) is 0 Å². The summed E-state index contributed by atoms with van der Waals surface area (Å²) in [6.07, 6.45) is 1.61. The Kier molecular flexibility index (Phi) is 3.35. The van der Waals surface area contributed by atoms with E-state index in [4.69, 9.17) is 0 Å². The zero-order valence-electron chi connectivity index (χ0n) is 12.6. The lowest BCUT2D eigenvalue weighted by molar-refractivity contribution is -0.122. The van der Waals surface area contributed by atoms with Crippen LogP contribution in [0.5, 0.6) is 0 Å². The number of hydrogen-bond donors (Lipinski definition) is 1. The van der Waals surface area contributed by atoms with Crippen LogP contribution in [-0.2, 0) is 10.2 Å². The molecule has 1 N–H and O–H groups in total. The van der Waals surface area contributed by atoms with Crippen LogP contribution in [0.15, 0.2) is 24.3 Å². The number of nitrogens with one attached hydrogen (secondary N) is 1. The van der Waals surface area contributed by atoms with E-state index < -0.39 is 5.41 Å². The first kappa shape index (κ1) is 13.9. The molecule has 1 saturated heterocycles. The molecule has 0 radical (unpaired) electrons. The summed E-state index contributed by atoms with van der Waals surface area (Å²) in [5.74, 6) is 0.106. The van der Waals surface area contributed by atoms with Gasteiger partial charge >= 0.3 is 6.03 Å². The summed E-state index contributed by atoms with van der Waals surface area (Å²) >= 11 is 0. The number of para-hydroxylation sites is 1. The van der Waals surface area contributed by atoms with Crippen LogP contribution < -0.4 is 10.2 Å². The van der Waals surface area contributed by atoms with E-state index in [0.717, 1.165) is 17.7 Å². The number of hydrogen-bond acceptors (Lipinski definition) is 2. The maximum atomic E-state index is 12.7. The third kappa shape index (κ3) is 1.99. The van der Waals surface area contributed by atoms with E-state index in [9.17, 15) is 9.59 Å². The molecule has 2 aliphatic heterocycles. The number of amides is 3. The van der Waals surface area contributed by atoms with Crippen LogP contribution in [-0.4, -0.2) is 43.5 Å². The van der Waals surface area contributed by atoms with Gasteiger partial charge in [-0.1, -0.05) is 25.1 Å². The molecule has 3 rings (SSSR count). The van der Waals surface area contributed by atoms with E-state index in [1.54, 1.807) is 9.80 Å². The van der Waals surface area contributed by atoms with Crippen LogP contribution in [0.4, 0.5) is 10.5 Å². The second-order valence-corrected chi connectivity index (χ2v) is 5.87. The second-order valence-electron chi connectivity index (χ2n) is 5.87. The van der Waals surface area contributed by atoms with Crippen LogP contribution in [0.3, 0.4) is 0 Å². The number of fused-ring (bicyclic) bond motifs is 2. The van der Waals surface area contributed by atoms with Crippen molar-refractivity contribution in [1.82, 2.24) is 10.2 Å². The van der Waals surface area contributed by atoms with E-state index in [-0.39, 0.29) is 11.9 Å². The smallest absolute Gasteiger partial charge is 0.317 e. The van der Waals surface area contributed by atoms with E-state index in [0.29, 0.717) is 26.1 Å². The Morgan fingerprint density at radius 2 is 2.14 bits per heavy atom. The van der Waals surface area contributed by atoms with Crippen molar-refractivity contribution in [2.24, 2.45) is 0 Å². The van der Waals surface area contributed by atoms with Gasteiger partial charge in [-0.2, -0.15) is 0 Å². The molecule has 0 aromatic heterocycles. The number of nitrogens with zero attached hydrogens (tertiary/aromatic N) is 2. The Balaban J connectivity index is 1.87. The van der Waals surface area contributed by atoms with Crippen molar-refractivity contribution in [3.63, 3.8) is 0 Å². The lowest BCUT2D eigenvalue weighted by Gasteiger charge is -2.23. The van der Waals surface area contributed by atoms with Gasteiger partial charge < -0.3 is 15.1 Å². The van der Waals surface area contributed by atoms with E-state index in [1.807, 2.05) is 38.2 Å². The summed E-state index contributed by atoms with van der Waals surface area (Å²) < 4.78 is 0. The minimum atomic E-state index is -0.547. The lowest BCUT2D eigenvalue weighted by Crippen LogP contribution is -2.44. The van der Waals surface area contributed by atoms with Gasteiger partial charge in [0.05, 0.1) is 5.41 Å². The normalized spacial score (nSPS) is 23.8. The summed E-state index contributed by atoms with van der Waals surface area (Å²) in [4.78, 5) is 28.4. The zero-order chi connectivity index (χ0) is 15.0. The molecule has 5 nitrogen and oxygen atoms in total. The van der Waals surface area contributed by atoms with Crippen molar-refractivity contribution in [1.29, 1.82) is 0 Å². The van der Waals surface area contributed by atoms with Gasteiger partial charge in [-0.05, 0) is 24.5 Å². The van der Waals surface area contributed by atoms with E-state index >= 15 is 0 Å². The molecule has 112 valence electrons. The van der Waals surface area contributed by atoms with Gasteiger partial charge in [0.25, 0.3) is 0 Å². The molecular weight excluding hydrogens is 266 g/mol. The summed E-state index contributed by atoms with van der Waals surface area (Å²) in [5, 5.41) is 2.89. The van der Waals surface area contributed by atoms with Gasteiger partial charge in [0.15, 0.2) is 0 Å². The highest BCUT2D eigenvalue weighted by Crippen LogP contribution is 2.46. The third-order valence-electron chi connectivity index (χ3n) is 4.58. The van der Waals surface area contributed by atoms with Crippen molar-refractivity contribution >= 4 is 17.6 Å². The minimum absolute atomic E-state index is 0.0615. The number of likely N-dealkylation sites (N-methyl/N-ethyl adjacent to an activating group) is 1. The molecule has 0 unspecified atom stereocenters. The SMILES string of the molecule is CCCNC(=O)N1CC[C@@]2(C1)C(=O)N(C)c1ccccc12. The third-order valence-corrected chi connectivity index (χ3v) is 4.58. The van der Waals surface area contributed by atoms with Gasteiger partial charge in [-0.15, -0.1) is 0 Å². The summed E-state index contributed by atoms with van der Waals surface area (Å²) in [6.45, 7) is 3.80. The second kappa shape index (κ2) is 5.06. The van der Waals surface area contributed by atoms with Crippen molar-refractivity contribution in [3.8, 4) is 0 Å². The van der Waals surface area contributed by atoms with Gasteiger partial charge in [-0.3, -0.25) is 4.79 Å². The minimum Gasteiger partial charge on any atom is -0.338 e. The van der Waals surface area contributed by atoms with Crippen LogP contribution >= 0.6 is 0 Å². The molecule has 1 aromatic rings. The quantitative estimate of drug-likeness (QED) is 0.900. The van der Waals surface area contributed by atoms with Crippen LogP contribution in [0.2, 0.25) is 0 Å². The van der Waals surface area contributed by atoms with Gasteiger partial charge in [-0.25, -0.2) is 4.79 Å². The highest BCUT2D eigenvalue weighted by Gasteiger charge is 2.54. The number of urea groups is 1. The molecule has 2 heterocycles. The molecule has 0 aliphatic carbocycles. The molecule has 1 spiro atoms. The summed E-state index contributed by atoms with van der Waals surface area (Å²) in [6, 6.07) is 7.84. The number of carbonyl (C=O) groups is 2. The first-order valence-corrected chi connectivity index (χ1v) is 7.50. The number of likely N-dealkylation sites (tertiary alicyclic amines) is 1. The fourth-order valence-corrected chi connectivity index (χ4v) is 3.44. The Morgan fingerprint density at radius 1 is 1.38 bits per heavy atom. The molecular formula is C16H21N3O2. The molecule has 2 aliphatic rings. The van der Waals surface area contributed by atoms with Crippen LogP contribution in [0.25, 0.3) is 0 Å². The fraction of sp³-hybridized carbons (Fsp3) is 0.500. The summed E-state index contributed by atoms with van der Waals surface area (Å²) in [5.41, 5.74) is 1.48. The highest BCUT2D eigenvalue weighted by atomic mass is 16.2. The van der Waals surface area contributed by atoms with E-state index in [1.165, 1.54) is 0 Å². The average molecular weight is 287 g/mol. The predicted molar refractivity (Wildman–Crippen MR) is 81.4 cm³/mol. The predicted octanol–water partition coefficient (Wildman–Crippen LogP) is 1.73. The Morgan fingerprint density at radius 3 is 2.90 bits per heavy atom. The topological polar surface area (TPSA) is 52.7 Å². The Labute approximate surface area is 124 Å². The Hall–Kier alpha value is -2.04. The maximum absolute atomic E-state index is 12.7. The van der Waals surface area contributed by atoms with Crippen molar-refractivity contribution in [3.05, 3.63) is 29.8 Å². The monoisotopic (exact) mass is 287 g/mol. The standard InChI is InChI=1S/C16H21N3O2/c1-3-9-17-15(21)19-10-8-16(11-19)12-6-4-5-7-13(12)18(2)14(16)20/h4-7H,3,8-11H2,1-2H3,(H,17,21)/t16-/m0/s1. The first-order chi connectivity index (χ1) is 10.1. The van der Waals surface area contributed by atoms with Crippen LogP contribution in [0.1, 0.15) is 25.3 Å². The average Bonchev–Trinajstić information content (AvgIpc) is 3.04. The zero-order valence-corrected chi connectivity index (χ0v) is 12.6. The number of benzene rings is 1. The molecule has 0 saturated carbocycles. The summed E-state index contributed by atoms with van der Waals surface area (Å²) in [7, 11) is 1.82. The van der Waals surface area contributed by atoms with E-state index in [2.05, 4.69) is 5.32 Å². The number of carbonyl (C=O) groups excluding carboxylic acids is 2. The van der Waals surface area contributed by atoms with Gasteiger partial charge in [0, 0.05) is 32.4 Å². The molecule has 0 bridgehead atoms. The molecule has 1 atom stereocenters. The highest BCUT2D eigenvalue weighted by molar-refractivity contribution is 6.08. The molecule has 1 fully saturated rings. The van der Waals surface area contributed by atoms with Gasteiger partial charge in [0.2, 0.25) is 5.91 Å². The Bertz CT molecular complexity index is 587. The first-order valence-electron chi connectivity index (χ1n) is 7.50. The molecule has 3 amide bonds.